The van der Waals surface area contributed by atoms with E-state index in [2.05, 4.69) is 42.3 Å². The largest absolute Gasteiger partial charge is 0.422 e. The average molecular weight is 583 g/mol. The molecule has 0 atom stereocenters. The van der Waals surface area contributed by atoms with Crippen LogP contribution in [0.5, 0.6) is 11.8 Å². The highest BCUT2D eigenvalue weighted by Crippen LogP contribution is 2.34. The van der Waals surface area contributed by atoms with E-state index in [1.165, 1.54) is 11.6 Å². The number of rotatable bonds is 7. The molecule has 216 valence electrons. The summed E-state index contributed by atoms with van der Waals surface area (Å²) in [6, 6.07) is 24.3. The molecule has 2 aromatic heterocycles. The molecule has 0 spiro atoms. The van der Waals surface area contributed by atoms with Crippen LogP contribution in [0.1, 0.15) is 16.7 Å². The van der Waals surface area contributed by atoms with Crippen molar-refractivity contribution < 1.29 is 17.9 Å². The summed E-state index contributed by atoms with van der Waals surface area (Å²) in [5.74, 6) is 0.745. The van der Waals surface area contributed by atoms with E-state index in [0.717, 1.165) is 37.2 Å². The number of nitrogens with zero attached hydrogens (tertiary/aromatic N) is 7. The molecule has 0 bridgehead atoms. The minimum Gasteiger partial charge on any atom is -0.422 e. The third-order valence-corrected chi connectivity index (χ3v) is 7.01. The quantitative estimate of drug-likeness (QED) is 0.241. The molecule has 0 radical (unpaired) electrons. The maximum Gasteiger partial charge on any atom is 0.417 e. The molecule has 0 saturated carbocycles. The molecule has 1 N–H and O–H groups in total. The van der Waals surface area contributed by atoms with Crippen molar-refractivity contribution in [3.05, 3.63) is 102 Å². The van der Waals surface area contributed by atoms with Gasteiger partial charge in [-0.25, -0.2) is 0 Å². The predicted octanol–water partition coefficient (Wildman–Crippen LogP) is 6.17. The van der Waals surface area contributed by atoms with Crippen molar-refractivity contribution in [1.29, 1.82) is 5.26 Å². The highest BCUT2D eigenvalue weighted by molar-refractivity contribution is 5.84. The summed E-state index contributed by atoms with van der Waals surface area (Å²) in [4.78, 5) is 22.2. The zero-order chi connectivity index (χ0) is 29.8. The summed E-state index contributed by atoms with van der Waals surface area (Å²) in [5, 5.41) is 12.9. The van der Waals surface area contributed by atoms with Gasteiger partial charge in [-0.1, -0.05) is 48.5 Å². The molecule has 0 unspecified atom stereocenters. The number of hydrogen-bond acceptors (Lipinski definition) is 9. The average Bonchev–Trinajstić information content (AvgIpc) is 3.01. The van der Waals surface area contributed by atoms with Gasteiger partial charge in [-0.2, -0.15) is 33.4 Å². The number of pyridine rings is 1. The lowest BCUT2D eigenvalue weighted by molar-refractivity contribution is -0.137. The summed E-state index contributed by atoms with van der Waals surface area (Å²) in [5.41, 5.74) is 0.367. The van der Waals surface area contributed by atoms with E-state index in [0.29, 0.717) is 30.3 Å². The van der Waals surface area contributed by atoms with Gasteiger partial charge in [0, 0.05) is 50.0 Å². The van der Waals surface area contributed by atoms with Crippen LogP contribution < -0.4 is 15.0 Å². The van der Waals surface area contributed by atoms with Crippen LogP contribution in [0.25, 0.3) is 10.9 Å². The number of nitriles is 1. The van der Waals surface area contributed by atoms with Gasteiger partial charge < -0.3 is 15.0 Å². The molecule has 3 aromatic carbocycles. The second-order valence-electron chi connectivity index (χ2n) is 9.92. The molecule has 3 heterocycles. The Kier molecular flexibility index (Phi) is 7.72. The highest BCUT2D eigenvalue weighted by atomic mass is 19.4. The molecule has 0 aliphatic carbocycles. The number of piperazine rings is 1. The van der Waals surface area contributed by atoms with Crippen molar-refractivity contribution in [3.63, 3.8) is 0 Å². The monoisotopic (exact) mass is 582 g/mol. The fraction of sp³-hybridized carbons (Fsp3) is 0.194. The number of hydrogen-bond donors (Lipinski definition) is 1. The fourth-order valence-electron chi connectivity index (χ4n) is 4.88. The van der Waals surface area contributed by atoms with E-state index < -0.39 is 17.3 Å². The molecule has 6 rings (SSSR count). The smallest absolute Gasteiger partial charge is 0.417 e. The predicted molar refractivity (Wildman–Crippen MR) is 155 cm³/mol. The number of alkyl halides is 3. The van der Waals surface area contributed by atoms with Gasteiger partial charge in [0.15, 0.2) is 5.75 Å². The maximum absolute atomic E-state index is 13.6. The van der Waals surface area contributed by atoms with E-state index in [1.54, 1.807) is 18.3 Å². The van der Waals surface area contributed by atoms with E-state index in [-0.39, 0.29) is 17.6 Å². The van der Waals surface area contributed by atoms with Gasteiger partial charge in [-0.15, -0.1) is 0 Å². The van der Waals surface area contributed by atoms with Crippen molar-refractivity contribution >= 4 is 28.5 Å². The van der Waals surface area contributed by atoms with E-state index in [1.807, 2.05) is 47.4 Å². The number of nitrogens with one attached hydrogen (secondary N) is 1. The minimum absolute atomic E-state index is 0.00209. The van der Waals surface area contributed by atoms with Crippen molar-refractivity contribution in [3.8, 4) is 17.8 Å². The normalized spacial score (nSPS) is 14.0. The Balaban J connectivity index is 1.30. The highest BCUT2D eigenvalue weighted by Gasteiger charge is 2.34. The lowest BCUT2D eigenvalue weighted by atomic mass is 10.1. The standard InChI is InChI=1S/C31H25F3N8O/c32-31(33,34)25-18-24(12-11-23(25)19-35)37-28-38-29(42-16-14-41(15-17-42)20-21-6-2-1-3-7-21)40-30(39-28)43-26-10-4-8-22-9-5-13-36-27(22)26/h1-13,18H,14-17,20H2,(H,37,38,39,40). The maximum atomic E-state index is 13.6. The summed E-state index contributed by atoms with van der Waals surface area (Å²) in [7, 11) is 0. The topological polar surface area (TPSA) is 103 Å². The Bertz CT molecular complexity index is 1780. The molecule has 1 aliphatic heterocycles. The lowest BCUT2D eigenvalue weighted by Crippen LogP contribution is -2.46. The van der Waals surface area contributed by atoms with E-state index >= 15 is 0 Å². The minimum atomic E-state index is -4.71. The van der Waals surface area contributed by atoms with Crippen molar-refractivity contribution in [2.75, 3.05) is 36.4 Å². The number of anilines is 3. The molecule has 0 amide bonds. The lowest BCUT2D eigenvalue weighted by Gasteiger charge is -2.34. The first kappa shape index (κ1) is 27.9. The van der Waals surface area contributed by atoms with Crippen LogP contribution in [-0.4, -0.2) is 51.0 Å². The summed E-state index contributed by atoms with van der Waals surface area (Å²) >= 11 is 0. The van der Waals surface area contributed by atoms with Gasteiger partial charge in [-0.3, -0.25) is 9.88 Å². The van der Waals surface area contributed by atoms with Crippen LogP contribution in [0.2, 0.25) is 0 Å². The van der Waals surface area contributed by atoms with Crippen molar-refractivity contribution in [1.82, 2.24) is 24.8 Å². The third-order valence-electron chi connectivity index (χ3n) is 7.01. The number of fused-ring (bicyclic) bond motifs is 1. The second kappa shape index (κ2) is 11.9. The molecule has 9 nitrogen and oxygen atoms in total. The van der Waals surface area contributed by atoms with Gasteiger partial charge in [0.05, 0.1) is 17.2 Å². The molecule has 12 heteroatoms. The van der Waals surface area contributed by atoms with Crippen LogP contribution in [0.15, 0.2) is 85.1 Å². The van der Waals surface area contributed by atoms with Crippen LogP contribution in [0, 0.1) is 11.3 Å². The Morgan fingerprint density at radius 2 is 1.67 bits per heavy atom. The number of halogens is 3. The summed E-state index contributed by atoms with van der Waals surface area (Å²) < 4.78 is 46.9. The van der Waals surface area contributed by atoms with Crippen LogP contribution >= 0.6 is 0 Å². The Hall–Kier alpha value is -5.28. The van der Waals surface area contributed by atoms with Crippen molar-refractivity contribution in [2.45, 2.75) is 12.7 Å². The zero-order valence-electron chi connectivity index (χ0n) is 22.8. The first-order valence-electron chi connectivity index (χ1n) is 13.5. The Morgan fingerprint density at radius 1 is 0.884 bits per heavy atom. The van der Waals surface area contributed by atoms with Gasteiger partial charge in [0.1, 0.15) is 5.52 Å². The number of ether oxygens (including phenoxy) is 1. The molecule has 5 aromatic rings. The number of aromatic nitrogens is 4. The SMILES string of the molecule is N#Cc1ccc(Nc2nc(Oc3cccc4cccnc34)nc(N3CCN(Cc4ccccc4)CC3)n2)cc1C(F)(F)F. The number of benzene rings is 3. The molecule has 43 heavy (non-hydrogen) atoms. The van der Waals surface area contributed by atoms with E-state index in [9.17, 15) is 13.2 Å². The van der Waals surface area contributed by atoms with Gasteiger partial charge in [0.2, 0.25) is 11.9 Å². The fourth-order valence-corrected chi connectivity index (χ4v) is 4.88. The van der Waals surface area contributed by atoms with E-state index in [4.69, 9.17) is 10.00 Å². The Labute approximate surface area is 245 Å². The summed E-state index contributed by atoms with van der Waals surface area (Å²) in [6.07, 6.45) is -3.05. The first-order chi connectivity index (χ1) is 20.9. The van der Waals surface area contributed by atoms with Gasteiger partial charge in [-0.05, 0) is 35.9 Å². The molecule has 1 fully saturated rings. The van der Waals surface area contributed by atoms with Crippen LogP contribution in [0.4, 0.5) is 30.8 Å². The molecule has 1 aliphatic rings. The van der Waals surface area contributed by atoms with Crippen molar-refractivity contribution in [2.24, 2.45) is 0 Å². The van der Waals surface area contributed by atoms with Gasteiger partial charge in [0.25, 0.3) is 0 Å². The second-order valence-corrected chi connectivity index (χ2v) is 9.92. The van der Waals surface area contributed by atoms with Crippen LogP contribution in [0.3, 0.4) is 0 Å². The zero-order valence-corrected chi connectivity index (χ0v) is 22.8. The first-order valence-corrected chi connectivity index (χ1v) is 13.5. The van der Waals surface area contributed by atoms with Gasteiger partial charge >= 0.3 is 12.2 Å². The van der Waals surface area contributed by atoms with Crippen LogP contribution in [-0.2, 0) is 12.7 Å². The summed E-state index contributed by atoms with van der Waals surface area (Å²) in [6.45, 7) is 3.59. The number of para-hydroxylation sites is 1. The third kappa shape index (κ3) is 6.47. The molecular formula is C31H25F3N8O. The Morgan fingerprint density at radius 3 is 2.44 bits per heavy atom. The molecular weight excluding hydrogens is 557 g/mol. The molecule has 1 saturated heterocycles.